The topological polar surface area (TPSA) is 79.5 Å². The number of rotatable bonds is 7. The Balaban J connectivity index is 2.16. The number of aryl methyl sites for hydroxylation is 1. The van der Waals surface area contributed by atoms with Gasteiger partial charge in [-0.1, -0.05) is 5.57 Å². The van der Waals surface area contributed by atoms with E-state index >= 15 is 0 Å². The maximum Gasteiger partial charge on any atom is 0.251 e. The average Bonchev–Trinajstić information content (AvgIpc) is 3.09. The third-order valence-corrected chi connectivity index (χ3v) is 4.13. The molecule has 0 aromatic carbocycles. The molecule has 0 spiro atoms. The third-order valence-electron chi connectivity index (χ3n) is 4.13. The summed E-state index contributed by atoms with van der Waals surface area (Å²) in [4.78, 5) is 20.9. The van der Waals surface area contributed by atoms with Crippen molar-refractivity contribution in [2.75, 3.05) is 0 Å². The molecular formula is C18H26N4O2. The lowest BCUT2D eigenvalue weighted by molar-refractivity contribution is -0.117. The van der Waals surface area contributed by atoms with E-state index in [4.69, 9.17) is 4.42 Å². The second-order valence-electron chi connectivity index (χ2n) is 6.73. The minimum Gasteiger partial charge on any atom is -0.449 e. The molecule has 2 N–H and O–H groups in total. The van der Waals surface area contributed by atoms with Crippen molar-refractivity contribution in [3.63, 3.8) is 0 Å². The third kappa shape index (κ3) is 4.34. The number of amides is 1. The molecule has 0 aliphatic heterocycles. The number of hydrogen-bond donors (Lipinski definition) is 2. The summed E-state index contributed by atoms with van der Waals surface area (Å²) in [7, 11) is 0. The molecule has 130 valence electrons. The number of nitrogens with zero attached hydrogens (tertiary/aromatic N) is 2. The molecule has 6 heteroatoms. The minimum absolute atomic E-state index is 0.0687. The monoisotopic (exact) mass is 330 g/mol. The highest BCUT2D eigenvalue weighted by Gasteiger charge is 2.38. The second kappa shape index (κ2) is 7.03. The van der Waals surface area contributed by atoms with Crippen LogP contribution in [0.3, 0.4) is 0 Å². The Morgan fingerprint density at radius 1 is 1.42 bits per heavy atom. The van der Waals surface area contributed by atoms with Crippen molar-refractivity contribution in [3.05, 3.63) is 40.4 Å². The van der Waals surface area contributed by atoms with Gasteiger partial charge in [-0.3, -0.25) is 4.79 Å². The minimum atomic E-state index is -0.156. The van der Waals surface area contributed by atoms with Crippen LogP contribution in [0.1, 0.15) is 52.1 Å². The van der Waals surface area contributed by atoms with E-state index in [0.717, 1.165) is 24.0 Å². The van der Waals surface area contributed by atoms with Crippen LogP contribution in [-0.4, -0.2) is 23.1 Å². The van der Waals surface area contributed by atoms with Gasteiger partial charge in [0, 0.05) is 23.6 Å². The highest BCUT2D eigenvalue weighted by molar-refractivity contribution is 5.98. The van der Waals surface area contributed by atoms with Gasteiger partial charge in [0.05, 0.1) is 12.2 Å². The summed E-state index contributed by atoms with van der Waals surface area (Å²) >= 11 is 0. The normalized spacial score (nSPS) is 16.0. The largest absolute Gasteiger partial charge is 0.449 e. The zero-order valence-corrected chi connectivity index (χ0v) is 15.1. The van der Waals surface area contributed by atoms with Crippen molar-refractivity contribution in [2.45, 2.75) is 59.5 Å². The fraction of sp³-hybridized carbons (Fsp3) is 0.500. The molecule has 1 aromatic heterocycles. The molecule has 1 aliphatic rings. The van der Waals surface area contributed by atoms with E-state index in [0.29, 0.717) is 29.5 Å². The number of hydrogen-bond acceptors (Lipinski definition) is 5. The fourth-order valence-electron chi connectivity index (χ4n) is 2.49. The standard InChI is InChI=1S/C18H26N4O2/c1-11(2)15(12(3)16(19-6)22-18(5)7-8-18)17(23)20-9-14-10-24-13(4)21-14/h10,22H,6-9H2,1-5H3,(H,20,23)/b16-12-. The Morgan fingerprint density at radius 2 is 2.08 bits per heavy atom. The summed E-state index contributed by atoms with van der Waals surface area (Å²) in [6.07, 6.45) is 3.75. The van der Waals surface area contributed by atoms with E-state index in [1.165, 1.54) is 0 Å². The van der Waals surface area contributed by atoms with Crippen molar-refractivity contribution < 1.29 is 9.21 Å². The van der Waals surface area contributed by atoms with Gasteiger partial charge in [0.25, 0.3) is 5.91 Å². The summed E-state index contributed by atoms with van der Waals surface area (Å²) in [5.74, 6) is 1.09. The number of aromatic nitrogens is 1. The zero-order valence-electron chi connectivity index (χ0n) is 15.1. The van der Waals surface area contributed by atoms with Crippen LogP contribution in [0.2, 0.25) is 0 Å². The van der Waals surface area contributed by atoms with E-state index in [-0.39, 0.29) is 11.4 Å². The molecule has 0 atom stereocenters. The lowest BCUT2D eigenvalue weighted by Crippen LogP contribution is -2.30. The van der Waals surface area contributed by atoms with Gasteiger partial charge < -0.3 is 15.1 Å². The first kappa shape index (κ1) is 18.0. The van der Waals surface area contributed by atoms with Crippen LogP contribution in [0.15, 0.2) is 38.2 Å². The molecule has 0 saturated heterocycles. The van der Waals surface area contributed by atoms with Gasteiger partial charge >= 0.3 is 0 Å². The molecular weight excluding hydrogens is 304 g/mol. The van der Waals surface area contributed by atoms with Crippen LogP contribution in [-0.2, 0) is 11.3 Å². The van der Waals surface area contributed by atoms with Gasteiger partial charge in [-0.2, -0.15) is 0 Å². The highest BCUT2D eigenvalue weighted by Crippen LogP contribution is 2.36. The van der Waals surface area contributed by atoms with Gasteiger partial charge in [0.2, 0.25) is 0 Å². The van der Waals surface area contributed by atoms with Crippen LogP contribution in [0.5, 0.6) is 0 Å². The SMILES string of the molecule is C=N/C(NC1(C)CC1)=C(\C)C(C(=O)NCc1coc(C)n1)=C(C)C. The molecule has 1 saturated carbocycles. The van der Waals surface area contributed by atoms with Crippen LogP contribution in [0.4, 0.5) is 0 Å². The Hall–Kier alpha value is -2.37. The second-order valence-corrected chi connectivity index (χ2v) is 6.73. The number of allylic oxidation sites excluding steroid dienone is 1. The Labute approximate surface area is 143 Å². The summed E-state index contributed by atoms with van der Waals surface area (Å²) in [5, 5.41) is 6.28. The first-order valence-electron chi connectivity index (χ1n) is 8.08. The summed E-state index contributed by atoms with van der Waals surface area (Å²) in [6.45, 7) is 13.6. The van der Waals surface area contributed by atoms with Gasteiger partial charge in [0.15, 0.2) is 5.89 Å². The molecule has 0 unspecified atom stereocenters. The van der Waals surface area contributed by atoms with E-state index in [2.05, 4.69) is 34.3 Å². The van der Waals surface area contributed by atoms with E-state index in [1.807, 2.05) is 20.8 Å². The predicted octanol–water partition coefficient (Wildman–Crippen LogP) is 3.01. The molecule has 0 radical (unpaired) electrons. The summed E-state index contributed by atoms with van der Waals surface area (Å²) < 4.78 is 5.15. The number of carbonyl (C=O) groups excluding carboxylic acids is 1. The maximum atomic E-state index is 12.7. The zero-order chi connectivity index (χ0) is 17.9. The first-order chi connectivity index (χ1) is 11.3. The molecule has 2 rings (SSSR count). The average molecular weight is 330 g/mol. The Morgan fingerprint density at radius 3 is 2.54 bits per heavy atom. The van der Waals surface area contributed by atoms with Gasteiger partial charge in [-0.05, 0) is 47.3 Å². The van der Waals surface area contributed by atoms with E-state index in [9.17, 15) is 4.79 Å². The van der Waals surface area contributed by atoms with Crippen LogP contribution >= 0.6 is 0 Å². The molecule has 0 bridgehead atoms. The molecule has 1 aromatic rings. The quantitative estimate of drug-likeness (QED) is 0.457. The molecule has 1 heterocycles. The predicted molar refractivity (Wildman–Crippen MR) is 94.5 cm³/mol. The van der Waals surface area contributed by atoms with Gasteiger partial charge in [-0.25, -0.2) is 9.98 Å². The van der Waals surface area contributed by atoms with Crippen molar-refractivity contribution in [1.82, 2.24) is 15.6 Å². The van der Waals surface area contributed by atoms with Crippen molar-refractivity contribution in [3.8, 4) is 0 Å². The fourth-order valence-corrected chi connectivity index (χ4v) is 2.49. The van der Waals surface area contributed by atoms with Crippen LogP contribution in [0, 0.1) is 6.92 Å². The summed E-state index contributed by atoms with van der Waals surface area (Å²) in [6, 6.07) is 0. The summed E-state index contributed by atoms with van der Waals surface area (Å²) in [5.41, 5.74) is 3.10. The van der Waals surface area contributed by atoms with E-state index < -0.39 is 0 Å². The molecule has 6 nitrogen and oxygen atoms in total. The Kier molecular flexibility index (Phi) is 5.26. The molecule has 1 amide bonds. The van der Waals surface area contributed by atoms with Gasteiger partial charge in [-0.15, -0.1) is 0 Å². The van der Waals surface area contributed by atoms with Crippen LogP contribution in [0.25, 0.3) is 0 Å². The molecule has 1 aliphatic carbocycles. The van der Waals surface area contributed by atoms with Gasteiger partial charge in [0.1, 0.15) is 12.1 Å². The lowest BCUT2D eigenvalue weighted by atomic mass is 10.0. The smallest absolute Gasteiger partial charge is 0.251 e. The number of aliphatic imine (C=N–C) groups is 1. The molecule has 24 heavy (non-hydrogen) atoms. The number of oxazole rings is 1. The van der Waals surface area contributed by atoms with Crippen molar-refractivity contribution in [2.24, 2.45) is 4.99 Å². The highest BCUT2D eigenvalue weighted by atomic mass is 16.3. The van der Waals surface area contributed by atoms with Crippen LogP contribution < -0.4 is 10.6 Å². The van der Waals surface area contributed by atoms with E-state index in [1.54, 1.807) is 13.2 Å². The lowest BCUT2D eigenvalue weighted by Gasteiger charge is -2.18. The molecule has 1 fully saturated rings. The Bertz CT molecular complexity index is 704. The number of carbonyl (C=O) groups is 1. The number of nitrogens with one attached hydrogen (secondary N) is 2. The van der Waals surface area contributed by atoms with Crippen molar-refractivity contribution in [1.29, 1.82) is 0 Å². The maximum absolute atomic E-state index is 12.7. The first-order valence-corrected chi connectivity index (χ1v) is 8.08. The van der Waals surface area contributed by atoms with Crippen molar-refractivity contribution >= 4 is 12.6 Å².